The summed E-state index contributed by atoms with van der Waals surface area (Å²) < 4.78 is 5.33. The predicted molar refractivity (Wildman–Crippen MR) is 80.9 cm³/mol. The van der Waals surface area contributed by atoms with Gasteiger partial charge in [0.1, 0.15) is 11.4 Å². The Morgan fingerprint density at radius 1 is 1.19 bits per heavy atom. The number of carbonyl (C=O) groups is 2. The number of ether oxygens (including phenoxy) is 1. The van der Waals surface area contributed by atoms with Gasteiger partial charge >= 0.3 is 6.09 Å². The van der Waals surface area contributed by atoms with Crippen molar-refractivity contribution >= 4 is 11.9 Å². The fraction of sp³-hybridized carbons (Fsp3) is 0.529. The quantitative estimate of drug-likeness (QED) is 0.921. The van der Waals surface area contributed by atoms with Crippen molar-refractivity contribution in [2.24, 2.45) is 5.41 Å². The van der Waals surface area contributed by atoms with Gasteiger partial charge in [-0.1, -0.05) is 30.3 Å². The Labute approximate surface area is 125 Å². The molecule has 1 atom stereocenters. The van der Waals surface area contributed by atoms with Crippen LogP contribution in [0.4, 0.5) is 4.79 Å². The van der Waals surface area contributed by atoms with Gasteiger partial charge in [-0.25, -0.2) is 4.79 Å². The van der Waals surface area contributed by atoms with Gasteiger partial charge in [0.05, 0.1) is 11.5 Å². The lowest BCUT2D eigenvalue weighted by atomic mass is 9.87. The first-order chi connectivity index (χ1) is 9.74. The van der Waals surface area contributed by atoms with Crippen LogP contribution in [0.25, 0.3) is 0 Å². The van der Waals surface area contributed by atoms with Gasteiger partial charge in [-0.05, 0) is 46.1 Å². The third kappa shape index (κ3) is 3.63. The summed E-state index contributed by atoms with van der Waals surface area (Å²) in [6, 6.07) is 9.29. The summed E-state index contributed by atoms with van der Waals surface area (Å²) in [6.45, 7) is 7.06. The highest BCUT2D eigenvalue weighted by atomic mass is 16.6. The molecule has 1 aromatic carbocycles. The van der Waals surface area contributed by atoms with Crippen LogP contribution in [0.15, 0.2) is 30.3 Å². The third-order valence-electron chi connectivity index (χ3n) is 3.84. The van der Waals surface area contributed by atoms with Crippen molar-refractivity contribution in [1.82, 2.24) is 5.32 Å². The van der Waals surface area contributed by atoms with Gasteiger partial charge in [0.15, 0.2) is 0 Å². The van der Waals surface area contributed by atoms with E-state index in [9.17, 15) is 9.59 Å². The molecule has 0 aromatic heterocycles. The highest BCUT2D eigenvalue weighted by Crippen LogP contribution is 2.55. The molecule has 0 saturated heterocycles. The summed E-state index contributed by atoms with van der Waals surface area (Å²) in [5.41, 5.74) is -0.0904. The second-order valence-electron chi connectivity index (χ2n) is 6.70. The second kappa shape index (κ2) is 5.51. The Kier molecular flexibility index (Phi) is 4.08. The number of amides is 1. The molecule has 0 aliphatic heterocycles. The molecule has 1 N–H and O–H groups in total. The van der Waals surface area contributed by atoms with Gasteiger partial charge in [0, 0.05) is 0 Å². The summed E-state index contributed by atoms with van der Waals surface area (Å²) in [6.07, 6.45) is 1.12. The van der Waals surface area contributed by atoms with Gasteiger partial charge in [-0.2, -0.15) is 0 Å². The molecule has 114 valence electrons. The molecule has 1 unspecified atom stereocenters. The minimum atomic E-state index is -0.557. The molecule has 1 amide bonds. The molecular formula is C17H23NO3. The van der Waals surface area contributed by atoms with Crippen molar-refractivity contribution < 1.29 is 14.3 Å². The van der Waals surface area contributed by atoms with Crippen LogP contribution in [0, 0.1) is 5.41 Å². The number of benzene rings is 1. The first-order valence-electron chi connectivity index (χ1n) is 7.30. The van der Waals surface area contributed by atoms with Crippen LogP contribution < -0.4 is 5.32 Å². The SMILES string of the molecule is CC(=O)C1(C(NC(=O)OC(C)(C)C)c2ccccc2)CC1. The van der Waals surface area contributed by atoms with E-state index >= 15 is 0 Å². The van der Waals surface area contributed by atoms with E-state index in [1.807, 2.05) is 51.1 Å². The minimum Gasteiger partial charge on any atom is -0.444 e. The number of hydrogen-bond acceptors (Lipinski definition) is 3. The predicted octanol–water partition coefficient (Wildman–Crippen LogP) is 3.62. The van der Waals surface area contributed by atoms with Crippen LogP contribution >= 0.6 is 0 Å². The number of ketones is 1. The summed E-state index contributed by atoms with van der Waals surface area (Å²) in [5.74, 6) is 0.118. The molecule has 4 nitrogen and oxygen atoms in total. The molecule has 0 radical (unpaired) electrons. The monoisotopic (exact) mass is 289 g/mol. The lowest BCUT2D eigenvalue weighted by Crippen LogP contribution is -2.40. The van der Waals surface area contributed by atoms with Gasteiger partial charge in [0.25, 0.3) is 0 Å². The van der Waals surface area contributed by atoms with Crippen LogP contribution in [0.2, 0.25) is 0 Å². The van der Waals surface area contributed by atoms with Crippen LogP contribution in [-0.2, 0) is 9.53 Å². The largest absolute Gasteiger partial charge is 0.444 e. The number of nitrogens with one attached hydrogen (secondary N) is 1. The molecule has 0 bridgehead atoms. The molecule has 2 rings (SSSR count). The van der Waals surface area contributed by atoms with Crippen molar-refractivity contribution in [3.8, 4) is 0 Å². The van der Waals surface area contributed by atoms with Crippen molar-refractivity contribution in [2.45, 2.75) is 52.2 Å². The Balaban J connectivity index is 2.22. The fourth-order valence-corrected chi connectivity index (χ4v) is 2.59. The van der Waals surface area contributed by atoms with E-state index in [0.717, 1.165) is 18.4 Å². The fourth-order valence-electron chi connectivity index (χ4n) is 2.59. The Morgan fingerprint density at radius 3 is 2.19 bits per heavy atom. The molecule has 1 aliphatic rings. The molecular weight excluding hydrogens is 266 g/mol. The van der Waals surface area contributed by atoms with E-state index in [4.69, 9.17) is 4.74 Å². The number of Topliss-reactive ketones (excluding diaryl/α,β-unsaturated/α-hetero) is 1. The summed E-state index contributed by atoms with van der Waals surface area (Å²) in [5, 5.41) is 2.89. The number of carbonyl (C=O) groups excluding carboxylic acids is 2. The normalized spacial score (nSPS) is 17.7. The maximum absolute atomic E-state index is 12.1. The zero-order chi connectivity index (χ0) is 15.7. The Hall–Kier alpha value is -1.84. The van der Waals surface area contributed by atoms with Gasteiger partial charge < -0.3 is 10.1 Å². The first-order valence-corrected chi connectivity index (χ1v) is 7.30. The lowest BCUT2D eigenvalue weighted by Gasteiger charge is -2.28. The summed E-state index contributed by atoms with van der Waals surface area (Å²) in [4.78, 5) is 24.1. The molecule has 1 aliphatic carbocycles. The van der Waals surface area contributed by atoms with E-state index in [1.54, 1.807) is 6.92 Å². The molecule has 21 heavy (non-hydrogen) atoms. The molecule has 0 heterocycles. The van der Waals surface area contributed by atoms with Crippen LogP contribution in [0.1, 0.15) is 52.1 Å². The van der Waals surface area contributed by atoms with Crippen molar-refractivity contribution in [3.63, 3.8) is 0 Å². The Bertz CT molecular complexity index is 527. The molecule has 4 heteroatoms. The highest BCUT2D eigenvalue weighted by molar-refractivity contribution is 5.87. The van der Waals surface area contributed by atoms with Crippen LogP contribution in [0.5, 0.6) is 0 Å². The molecule has 1 saturated carbocycles. The minimum absolute atomic E-state index is 0.118. The number of rotatable bonds is 4. The highest BCUT2D eigenvalue weighted by Gasteiger charge is 2.54. The van der Waals surface area contributed by atoms with E-state index in [2.05, 4.69) is 5.32 Å². The molecule has 1 aromatic rings. The third-order valence-corrected chi connectivity index (χ3v) is 3.84. The van der Waals surface area contributed by atoms with E-state index < -0.39 is 17.1 Å². The second-order valence-corrected chi connectivity index (χ2v) is 6.70. The number of alkyl carbamates (subject to hydrolysis) is 1. The van der Waals surface area contributed by atoms with E-state index in [1.165, 1.54) is 0 Å². The van der Waals surface area contributed by atoms with E-state index in [0.29, 0.717) is 0 Å². The average Bonchev–Trinajstić information content (AvgIpc) is 3.16. The maximum atomic E-state index is 12.1. The molecule has 1 fully saturated rings. The van der Waals surface area contributed by atoms with Gasteiger partial charge in [-0.3, -0.25) is 4.79 Å². The average molecular weight is 289 g/mol. The summed E-state index contributed by atoms with van der Waals surface area (Å²) >= 11 is 0. The standard InChI is InChI=1S/C17H23NO3/c1-12(19)17(10-11-17)14(13-8-6-5-7-9-13)18-15(20)21-16(2,3)4/h5-9,14H,10-11H2,1-4H3,(H,18,20). The molecule has 0 spiro atoms. The van der Waals surface area contributed by atoms with Crippen molar-refractivity contribution in [2.75, 3.05) is 0 Å². The van der Waals surface area contributed by atoms with Crippen LogP contribution in [0.3, 0.4) is 0 Å². The summed E-state index contributed by atoms with van der Waals surface area (Å²) in [7, 11) is 0. The van der Waals surface area contributed by atoms with Gasteiger partial charge in [0.2, 0.25) is 0 Å². The smallest absolute Gasteiger partial charge is 0.408 e. The number of hydrogen-bond donors (Lipinski definition) is 1. The topological polar surface area (TPSA) is 55.4 Å². The maximum Gasteiger partial charge on any atom is 0.408 e. The lowest BCUT2D eigenvalue weighted by molar-refractivity contribution is -0.123. The zero-order valence-electron chi connectivity index (χ0n) is 13.1. The zero-order valence-corrected chi connectivity index (χ0v) is 13.1. The first kappa shape index (κ1) is 15.5. The van der Waals surface area contributed by atoms with Crippen molar-refractivity contribution in [1.29, 1.82) is 0 Å². The Morgan fingerprint density at radius 2 is 1.76 bits per heavy atom. The van der Waals surface area contributed by atoms with Crippen LogP contribution in [-0.4, -0.2) is 17.5 Å². The van der Waals surface area contributed by atoms with Crippen molar-refractivity contribution in [3.05, 3.63) is 35.9 Å². The van der Waals surface area contributed by atoms with Gasteiger partial charge in [-0.15, -0.1) is 0 Å². The van der Waals surface area contributed by atoms with E-state index in [-0.39, 0.29) is 11.8 Å².